The zero-order chi connectivity index (χ0) is 12.1. The lowest BCUT2D eigenvalue weighted by Gasteiger charge is -2.18. The van der Waals surface area contributed by atoms with E-state index in [1.54, 1.807) is 0 Å². The summed E-state index contributed by atoms with van der Waals surface area (Å²) in [5, 5.41) is 7.17. The molecule has 1 aromatic heterocycles. The van der Waals surface area contributed by atoms with Gasteiger partial charge < -0.3 is 10.6 Å². The maximum atomic E-state index is 3.62. The van der Waals surface area contributed by atoms with Gasteiger partial charge in [-0.3, -0.25) is 0 Å². The van der Waals surface area contributed by atoms with E-state index in [-0.39, 0.29) is 0 Å². The Morgan fingerprint density at radius 1 is 1.59 bits per heavy atom. The first-order chi connectivity index (χ1) is 8.24. The van der Waals surface area contributed by atoms with Gasteiger partial charge in [0.05, 0.1) is 3.79 Å². The first-order valence-electron chi connectivity index (χ1n) is 6.45. The van der Waals surface area contributed by atoms with Crippen molar-refractivity contribution in [3.05, 3.63) is 20.8 Å². The molecule has 0 aliphatic carbocycles. The molecule has 96 valence electrons. The predicted molar refractivity (Wildman–Crippen MR) is 78.8 cm³/mol. The first kappa shape index (κ1) is 13.5. The molecule has 0 saturated carbocycles. The third-order valence-corrected chi connectivity index (χ3v) is 4.98. The summed E-state index contributed by atoms with van der Waals surface area (Å²) in [6, 6.07) is 5.70. The second-order valence-corrected chi connectivity index (χ2v) is 7.39. The first-order valence-corrected chi connectivity index (χ1v) is 8.06. The molecule has 0 bridgehead atoms. The molecular formula is C13H21BrN2S. The average Bonchev–Trinajstić information content (AvgIpc) is 2.90. The number of hydrogen-bond donors (Lipinski definition) is 2. The second-order valence-electron chi connectivity index (χ2n) is 4.84. The smallest absolute Gasteiger partial charge is 0.0701 e. The van der Waals surface area contributed by atoms with E-state index in [1.165, 1.54) is 34.5 Å². The van der Waals surface area contributed by atoms with Gasteiger partial charge in [0.2, 0.25) is 0 Å². The number of rotatable bonds is 6. The van der Waals surface area contributed by atoms with Crippen LogP contribution in [0.15, 0.2) is 15.9 Å². The molecule has 2 heterocycles. The fourth-order valence-corrected chi connectivity index (χ4v) is 3.88. The van der Waals surface area contributed by atoms with E-state index >= 15 is 0 Å². The van der Waals surface area contributed by atoms with Crippen LogP contribution < -0.4 is 10.6 Å². The molecule has 2 unspecified atom stereocenters. The van der Waals surface area contributed by atoms with Crippen molar-refractivity contribution in [2.24, 2.45) is 0 Å². The summed E-state index contributed by atoms with van der Waals surface area (Å²) in [5.41, 5.74) is 0. The van der Waals surface area contributed by atoms with Crippen molar-refractivity contribution in [3.8, 4) is 0 Å². The van der Waals surface area contributed by atoms with E-state index in [9.17, 15) is 0 Å². The van der Waals surface area contributed by atoms with Crippen molar-refractivity contribution in [1.82, 2.24) is 10.6 Å². The molecule has 17 heavy (non-hydrogen) atoms. The Kier molecular flexibility index (Phi) is 5.48. The number of thiophene rings is 1. The van der Waals surface area contributed by atoms with Crippen molar-refractivity contribution in [2.75, 3.05) is 13.1 Å². The van der Waals surface area contributed by atoms with Gasteiger partial charge in [0.15, 0.2) is 0 Å². The Bertz CT molecular complexity index is 334. The van der Waals surface area contributed by atoms with Gasteiger partial charge in [0.25, 0.3) is 0 Å². The minimum Gasteiger partial charge on any atom is -0.314 e. The molecule has 1 aliphatic heterocycles. The minimum atomic E-state index is 0.619. The predicted octanol–water partition coefficient (Wildman–Crippen LogP) is 3.17. The standard InChI is InChI=1S/C13H21BrN2S/c1-10(9-11-3-2-7-16-11)15-8-6-12-4-5-13(14)17-12/h4-5,10-11,15-16H,2-3,6-9H2,1H3. The van der Waals surface area contributed by atoms with Crippen LogP contribution in [-0.2, 0) is 6.42 Å². The molecule has 2 rings (SSSR count). The summed E-state index contributed by atoms with van der Waals surface area (Å²) in [7, 11) is 0. The molecule has 1 saturated heterocycles. The molecule has 1 aromatic rings. The molecule has 2 N–H and O–H groups in total. The summed E-state index contributed by atoms with van der Waals surface area (Å²) in [5.74, 6) is 0. The highest BCUT2D eigenvalue weighted by Gasteiger charge is 2.16. The van der Waals surface area contributed by atoms with E-state index in [0.717, 1.165) is 19.0 Å². The molecule has 4 heteroatoms. The molecule has 0 spiro atoms. The maximum absolute atomic E-state index is 3.62. The van der Waals surface area contributed by atoms with Crippen LogP contribution in [0, 0.1) is 0 Å². The van der Waals surface area contributed by atoms with Crippen LogP contribution in [0.3, 0.4) is 0 Å². The largest absolute Gasteiger partial charge is 0.314 e. The molecule has 0 amide bonds. The van der Waals surface area contributed by atoms with Crippen LogP contribution in [0.25, 0.3) is 0 Å². The zero-order valence-corrected chi connectivity index (χ0v) is 12.7. The third kappa shape index (κ3) is 4.70. The van der Waals surface area contributed by atoms with Gasteiger partial charge in [-0.2, -0.15) is 0 Å². The monoisotopic (exact) mass is 316 g/mol. The minimum absolute atomic E-state index is 0.619. The lowest BCUT2D eigenvalue weighted by Crippen LogP contribution is -2.34. The number of halogens is 1. The Morgan fingerprint density at radius 2 is 2.47 bits per heavy atom. The summed E-state index contributed by atoms with van der Waals surface area (Å²) in [6.07, 6.45) is 5.09. The molecule has 0 radical (unpaired) electrons. The molecule has 2 atom stereocenters. The quantitative estimate of drug-likeness (QED) is 0.842. The lowest BCUT2D eigenvalue weighted by atomic mass is 10.1. The Morgan fingerprint density at radius 3 is 3.12 bits per heavy atom. The van der Waals surface area contributed by atoms with Gasteiger partial charge in [-0.25, -0.2) is 0 Å². The molecule has 1 aliphatic rings. The van der Waals surface area contributed by atoms with Gasteiger partial charge >= 0.3 is 0 Å². The fourth-order valence-electron chi connectivity index (χ4n) is 2.40. The Balaban J connectivity index is 1.60. The maximum Gasteiger partial charge on any atom is 0.0701 e. The highest BCUT2D eigenvalue weighted by atomic mass is 79.9. The van der Waals surface area contributed by atoms with Crippen molar-refractivity contribution in [2.45, 2.75) is 44.7 Å². The fraction of sp³-hybridized carbons (Fsp3) is 0.692. The van der Waals surface area contributed by atoms with E-state index in [4.69, 9.17) is 0 Å². The Labute approximate surface area is 116 Å². The van der Waals surface area contributed by atoms with E-state index in [2.05, 4.69) is 45.6 Å². The molecule has 2 nitrogen and oxygen atoms in total. The normalized spacial score (nSPS) is 21.9. The van der Waals surface area contributed by atoms with Crippen LogP contribution in [0.5, 0.6) is 0 Å². The van der Waals surface area contributed by atoms with E-state index < -0.39 is 0 Å². The summed E-state index contributed by atoms with van der Waals surface area (Å²) in [4.78, 5) is 1.45. The molecular weight excluding hydrogens is 296 g/mol. The van der Waals surface area contributed by atoms with Crippen molar-refractivity contribution in [3.63, 3.8) is 0 Å². The lowest BCUT2D eigenvalue weighted by molar-refractivity contribution is 0.443. The average molecular weight is 317 g/mol. The van der Waals surface area contributed by atoms with Crippen molar-refractivity contribution >= 4 is 27.3 Å². The van der Waals surface area contributed by atoms with Crippen LogP contribution in [0.4, 0.5) is 0 Å². The van der Waals surface area contributed by atoms with Crippen LogP contribution in [0.2, 0.25) is 0 Å². The highest BCUT2D eigenvalue weighted by molar-refractivity contribution is 9.11. The van der Waals surface area contributed by atoms with Gasteiger partial charge in [0, 0.05) is 23.5 Å². The van der Waals surface area contributed by atoms with Gasteiger partial charge in [-0.15, -0.1) is 11.3 Å². The van der Waals surface area contributed by atoms with Crippen LogP contribution in [0.1, 0.15) is 31.1 Å². The zero-order valence-electron chi connectivity index (χ0n) is 10.3. The van der Waals surface area contributed by atoms with E-state index in [0.29, 0.717) is 6.04 Å². The number of nitrogens with one attached hydrogen (secondary N) is 2. The van der Waals surface area contributed by atoms with Gasteiger partial charge in [-0.05, 0) is 67.2 Å². The SMILES string of the molecule is CC(CC1CCCN1)NCCc1ccc(Br)s1. The summed E-state index contributed by atoms with van der Waals surface area (Å²) < 4.78 is 1.23. The van der Waals surface area contributed by atoms with Gasteiger partial charge in [-0.1, -0.05) is 0 Å². The number of hydrogen-bond acceptors (Lipinski definition) is 3. The summed E-state index contributed by atoms with van der Waals surface area (Å²) >= 11 is 5.34. The van der Waals surface area contributed by atoms with Crippen LogP contribution in [-0.4, -0.2) is 25.2 Å². The molecule has 0 aromatic carbocycles. The van der Waals surface area contributed by atoms with Crippen LogP contribution >= 0.6 is 27.3 Å². The third-order valence-electron chi connectivity index (χ3n) is 3.29. The van der Waals surface area contributed by atoms with E-state index in [1.807, 2.05) is 11.3 Å². The topological polar surface area (TPSA) is 24.1 Å². The van der Waals surface area contributed by atoms with Gasteiger partial charge in [0.1, 0.15) is 0 Å². The van der Waals surface area contributed by atoms with Crippen molar-refractivity contribution < 1.29 is 0 Å². The molecule has 1 fully saturated rings. The summed E-state index contributed by atoms with van der Waals surface area (Å²) in [6.45, 7) is 4.59. The highest BCUT2D eigenvalue weighted by Crippen LogP contribution is 2.22. The second kappa shape index (κ2) is 6.88. The Hall–Kier alpha value is 0.1000. The van der Waals surface area contributed by atoms with Crippen molar-refractivity contribution in [1.29, 1.82) is 0 Å².